The SMILES string of the molecule is CN(C)[C@]1(c2ccccc2)CC[C@@]2(CC1)CN(CC(=O)Nc1ccccc1)C(=O)N2. The summed E-state index contributed by atoms with van der Waals surface area (Å²) in [5.41, 5.74) is 1.80. The molecular formula is C24H30N4O2. The zero-order valence-corrected chi connectivity index (χ0v) is 17.7. The van der Waals surface area contributed by atoms with Crippen LogP contribution in [0.1, 0.15) is 31.2 Å². The lowest BCUT2D eigenvalue weighted by molar-refractivity contribution is -0.116. The molecule has 2 fully saturated rings. The minimum atomic E-state index is -0.252. The molecule has 1 saturated heterocycles. The van der Waals surface area contributed by atoms with Crippen LogP contribution in [0.15, 0.2) is 60.7 Å². The Morgan fingerprint density at radius 2 is 1.60 bits per heavy atom. The van der Waals surface area contributed by atoms with Crippen LogP contribution in [0, 0.1) is 0 Å². The molecule has 2 aromatic rings. The third kappa shape index (κ3) is 3.92. The summed E-state index contributed by atoms with van der Waals surface area (Å²) in [6, 6.07) is 19.8. The van der Waals surface area contributed by atoms with Crippen LogP contribution in [0.3, 0.4) is 0 Å². The summed E-state index contributed by atoms with van der Waals surface area (Å²) in [6.07, 6.45) is 3.72. The normalized spacial score (nSPS) is 26.1. The highest BCUT2D eigenvalue weighted by molar-refractivity contribution is 5.94. The number of rotatable bonds is 5. The second kappa shape index (κ2) is 8.11. The van der Waals surface area contributed by atoms with Gasteiger partial charge in [0.25, 0.3) is 0 Å². The molecule has 4 rings (SSSR count). The fourth-order valence-corrected chi connectivity index (χ4v) is 4.97. The van der Waals surface area contributed by atoms with Gasteiger partial charge in [0.1, 0.15) is 6.54 Å². The van der Waals surface area contributed by atoms with Crippen molar-refractivity contribution in [3.8, 4) is 0 Å². The minimum Gasteiger partial charge on any atom is -0.331 e. The monoisotopic (exact) mass is 406 g/mol. The van der Waals surface area contributed by atoms with Crippen LogP contribution in [-0.4, -0.2) is 54.5 Å². The first-order chi connectivity index (χ1) is 14.4. The second-order valence-corrected chi connectivity index (χ2v) is 8.77. The zero-order chi connectivity index (χ0) is 21.2. The van der Waals surface area contributed by atoms with E-state index in [4.69, 9.17) is 0 Å². The third-order valence-electron chi connectivity index (χ3n) is 6.75. The molecule has 6 nitrogen and oxygen atoms in total. The average molecular weight is 407 g/mol. The maximum Gasteiger partial charge on any atom is 0.318 e. The number of urea groups is 1. The highest BCUT2D eigenvalue weighted by Gasteiger charge is 2.50. The Hall–Kier alpha value is -2.86. The van der Waals surface area contributed by atoms with E-state index in [1.165, 1.54) is 5.56 Å². The van der Waals surface area contributed by atoms with Crippen molar-refractivity contribution in [3.05, 3.63) is 66.2 Å². The van der Waals surface area contributed by atoms with E-state index < -0.39 is 0 Å². The fourth-order valence-electron chi connectivity index (χ4n) is 4.97. The third-order valence-corrected chi connectivity index (χ3v) is 6.75. The molecule has 30 heavy (non-hydrogen) atoms. The Labute approximate surface area is 178 Å². The number of anilines is 1. The molecule has 1 aliphatic heterocycles. The number of hydrogen-bond donors (Lipinski definition) is 2. The summed E-state index contributed by atoms with van der Waals surface area (Å²) < 4.78 is 0. The van der Waals surface area contributed by atoms with E-state index in [9.17, 15) is 9.59 Å². The topological polar surface area (TPSA) is 64.7 Å². The van der Waals surface area contributed by atoms with Crippen molar-refractivity contribution in [2.24, 2.45) is 0 Å². The van der Waals surface area contributed by atoms with E-state index >= 15 is 0 Å². The number of nitrogens with zero attached hydrogens (tertiary/aromatic N) is 2. The highest BCUT2D eigenvalue weighted by atomic mass is 16.2. The minimum absolute atomic E-state index is 0.0185. The molecule has 3 amide bonds. The molecule has 1 spiro atoms. The van der Waals surface area contributed by atoms with Gasteiger partial charge in [-0.2, -0.15) is 0 Å². The van der Waals surface area contributed by atoms with Crippen LogP contribution < -0.4 is 10.6 Å². The summed E-state index contributed by atoms with van der Waals surface area (Å²) in [5.74, 6) is -0.170. The van der Waals surface area contributed by atoms with Crippen molar-refractivity contribution in [2.75, 3.05) is 32.5 Å². The molecule has 2 aliphatic rings. The number of para-hydroxylation sites is 1. The van der Waals surface area contributed by atoms with Crippen LogP contribution in [0.25, 0.3) is 0 Å². The first-order valence-corrected chi connectivity index (χ1v) is 10.6. The lowest BCUT2D eigenvalue weighted by Crippen LogP contribution is -2.54. The molecule has 2 N–H and O–H groups in total. The van der Waals surface area contributed by atoms with Gasteiger partial charge in [-0.05, 0) is 57.5 Å². The number of carbonyl (C=O) groups excluding carboxylic acids is 2. The van der Waals surface area contributed by atoms with Gasteiger partial charge in [0.05, 0.1) is 5.54 Å². The largest absolute Gasteiger partial charge is 0.331 e. The maximum atomic E-state index is 12.6. The van der Waals surface area contributed by atoms with Crippen LogP contribution in [-0.2, 0) is 10.3 Å². The van der Waals surface area contributed by atoms with Gasteiger partial charge < -0.3 is 15.5 Å². The molecule has 1 heterocycles. The van der Waals surface area contributed by atoms with Crippen molar-refractivity contribution in [2.45, 2.75) is 36.8 Å². The number of hydrogen-bond acceptors (Lipinski definition) is 3. The van der Waals surface area contributed by atoms with Crippen molar-refractivity contribution in [1.82, 2.24) is 15.1 Å². The summed E-state index contributed by atoms with van der Waals surface area (Å²) in [6.45, 7) is 0.645. The van der Waals surface area contributed by atoms with Gasteiger partial charge in [0.2, 0.25) is 5.91 Å². The van der Waals surface area contributed by atoms with Crippen molar-refractivity contribution >= 4 is 17.6 Å². The second-order valence-electron chi connectivity index (χ2n) is 8.77. The maximum absolute atomic E-state index is 12.6. The Balaban J connectivity index is 1.41. The molecule has 6 heteroatoms. The molecule has 0 atom stereocenters. The van der Waals surface area contributed by atoms with Crippen molar-refractivity contribution in [1.29, 1.82) is 0 Å². The molecular weight excluding hydrogens is 376 g/mol. The standard InChI is InChI=1S/C24H30N4O2/c1-27(2)24(19-9-5-3-6-10-19)15-13-23(14-16-24)18-28(22(30)26-23)17-21(29)25-20-11-7-4-8-12-20/h3-12H,13-18H2,1-2H3,(H,25,29)(H,26,30)/t23-,24-. The molecule has 0 radical (unpaired) electrons. The van der Waals surface area contributed by atoms with Crippen molar-refractivity contribution in [3.63, 3.8) is 0 Å². The number of nitrogens with one attached hydrogen (secondary N) is 2. The van der Waals surface area contributed by atoms with Gasteiger partial charge in [-0.1, -0.05) is 48.5 Å². The smallest absolute Gasteiger partial charge is 0.318 e. The van der Waals surface area contributed by atoms with Gasteiger partial charge in [0, 0.05) is 17.8 Å². The molecule has 0 unspecified atom stereocenters. The van der Waals surface area contributed by atoms with Crippen LogP contribution in [0.2, 0.25) is 0 Å². The predicted octanol–water partition coefficient (Wildman–Crippen LogP) is 3.42. The van der Waals surface area contributed by atoms with E-state index in [0.29, 0.717) is 6.54 Å². The van der Waals surface area contributed by atoms with Crippen LogP contribution >= 0.6 is 0 Å². The number of benzene rings is 2. The van der Waals surface area contributed by atoms with E-state index in [-0.39, 0.29) is 29.6 Å². The number of amides is 3. The van der Waals surface area contributed by atoms with Gasteiger partial charge in [-0.25, -0.2) is 4.79 Å². The molecule has 1 aliphatic carbocycles. The van der Waals surface area contributed by atoms with E-state index in [1.54, 1.807) is 4.90 Å². The van der Waals surface area contributed by atoms with Crippen molar-refractivity contribution < 1.29 is 9.59 Å². The first kappa shape index (κ1) is 20.4. The highest BCUT2D eigenvalue weighted by Crippen LogP contribution is 2.45. The van der Waals surface area contributed by atoms with Crippen LogP contribution in [0.4, 0.5) is 10.5 Å². The molecule has 158 valence electrons. The lowest BCUT2D eigenvalue weighted by Gasteiger charge is -2.48. The fraction of sp³-hybridized carbons (Fsp3) is 0.417. The molecule has 1 saturated carbocycles. The van der Waals surface area contributed by atoms with Gasteiger partial charge in [-0.15, -0.1) is 0 Å². The predicted molar refractivity (Wildman–Crippen MR) is 118 cm³/mol. The van der Waals surface area contributed by atoms with Gasteiger partial charge in [0.15, 0.2) is 0 Å². The molecule has 0 bridgehead atoms. The van der Waals surface area contributed by atoms with E-state index in [2.05, 4.69) is 53.9 Å². The Morgan fingerprint density at radius 3 is 2.20 bits per heavy atom. The number of carbonyl (C=O) groups is 2. The Kier molecular flexibility index (Phi) is 5.52. The van der Waals surface area contributed by atoms with E-state index in [0.717, 1.165) is 31.4 Å². The summed E-state index contributed by atoms with van der Waals surface area (Å²) in [4.78, 5) is 29.0. The summed E-state index contributed by atoms with van der Waals surface area (Å²) in [7, 11) is 4.27. The van der Waals surface area contributed by atoms with E-state index in [1.807, 2.05) is 36.4 Å². The summed E-state index contributed by atoms with van der Waals surface area (Å²) in [5, 5.41) is 6.07. The lowest BCUT2D eigenvalue weighted by atomic mass is 9.69. The zero-order valence-electron chi connectivity index (χ0n) is 17.7. The quantitative estimate of drug-likeness (QED) is 0.800. The average Bonchev–Trinajstić information content (AvgIpc) is 3.04. The van der Waals surface area contributed by atoms with Gasteiger partial charge >= 0.3 is 6.03 Å². The molecule has 0 aromatic heterocycles. The van der Waals surface area contributed by atoms with Gasteiger partial charge in [-0.3, -0.25) is 9.69 Å². The Morgan fingerprint density at radius 1 is 1.00 bits per heavy atom. The first-order valence-electron chi connectivity index (χ1n) is 10.6. The summed E-state index contributed by atoms with van der Waals surface area (Å²) >= 11 is 0. The Bertz CT molecular complexity index is 890. The molecule has 2 aromatic carbocycles. The van der Waals surface area contributed by atoms with Crippen LogP contribution in [0.5, 0.6) is 0 Å².